The van der Waals surface area contributed by atoms with Gasteiger partial charge in [0.05, 0.1) is 0 Å². The van der Waals surface area contributed by atoms with Crippen LogP contribution in [0, 0.1) is 5.92 Å². The molecule has 0 aromatic rings. The van der Waals surface area contributed by atoms with Crippen molar-refractivity contribution >= 4 is 5.91 Å². The molecule has 1 N–H and O–H groups in total. The fourth-order valence-electron chi connectivity index (χ4n) is 0.185. The third-order valence-electron chi connectivity index (χ3n) is 1.06. The molecule has 0 aliphatic carbocycles. The molecule has 0 spiro atoms. The Morgan fingerprint density at radius 1 is 1.86 bits per heavy atom. The number of carbonyl (C=O) groups excluding carboxylic acids is 1. The van der Waals surface area contributed by atoms with Gasteiger partial charge >= 0.3 is 0 Å². The lowest BCUT2D eigenvalue weighted by Gasteiger charge is -1.96. The summed E-state index contributed by atoms with van der Waals surface area (Å²) < 4.78 is 0. The average molecular weight is 100 g/mol. The first-order chi connectivity index (χ1) is 3.18. The van der Waals surface area contributed by atoms with Crippen molar-refractivity contribution in [2.24, 2.45) is 5.92 Å². The van der Waals surface area contributed by atoms with Crippen molar-refractivity contribution in [2.75, 3.05) is 0 Å². The van der Waals surface area contributed by atoms with Crippen LogP contribution in [-0.4, -0.2) is 5.91 Å². The highest BCUT2D eigenvalue weighted by atomic mass is 16.1. The zero-order valence-electron chi connectivity index (χ0n) is 4.69. The molecule has 0 aromatic carbocycles. The molecule has 0 rings (SSSR count). The second kappa shape index (κ2) is 2.61. The highest BCUT2D eigenvalue weighted by Gasteiger charge is 2.03. The van der Waals surface area contributed by atoms with Crippen LogP contribution in [0.4, 0.5) is 0 Å². The van der Waals surface area contributed by atoms with Gasteiger partial charge in [-0.2, -0.15) is 0 Å². The van der Waals surface area contributed by atoms with Crippen LogP contribution in [0.25, 0.3) is 0 Å². The highest BCUT2D eigenvalue weighted by molar-refractivity contribution is 5.75. The van der Waals surface area contributed by atoms with E-state index in [1.165, 1.54) is 0 Å². The van der Waals surface area contributed by atoms with Gasteiger partial charge in [-0.3, -0.25) is 10.5 Å². The van der Waals surface area contributed by atoms with Crippen LogP contribution >= 0.6 is 0 Å². The normalized spacial score (nSPS) is 13.4. The van der Waals surface area contributed by atoms with Crippen LogP contribution in [0.2, 0.25) is 0 Å². The molecule has 1 amide bonds. The fourth-order valence-corrected chi connectivity index (χ4v) is 0.185. The standard InChI is InChI=1S/C5H10NO/c1-3-4(2)5(6)7/h4,6H,3H2,1-2H3. The average Bonchev–Trinajstić information content (AvgIpc) is 1.65. The molecular weight excluding hydrogens is 90.1 g/mol. The largest absolute Gasteiger partial charge is 0.273 e. The van der Waals surface area contributed by atoms with E-state index in [4.69, 9.17) is 5.73 Å². The van der Waals surface area contributed by atoms with Crippen molar-refractivity contribution in [3.05, 3.63) is 0 Å². The van der Waals surface area contributed by atoms with Gasteiger partial charge in [0, 0.05) is 5.92 Å². The Morgan fingerprint density at radius 2 is 2.29 bits per heavy atom. The van der Waals surface area contributed by atoms with E-state index in [1.54, 1.807) is 6.92 Å². The molecule has 1 atom stereocenters. The number of nitrogens with one attached hydrogen (secondary N) is 1. The molecule has 0 saturated heterocycles. The molecule has 0 aromatic heterocycles. The number of carbonyl (C=O) groups is 1. The quantitative estimate of drug-likeness (QED) is 0.507. The van der Waals surface area contributed by atoms with Crippen molar-refractivity contribution in [3.63, 3.8) is 0 Å². The molecule has 2 nitrogen and oxygen atoms in total. The first-order valence-corrected chi connectivity index (χ1v) is 2.44. The lowest BCUT2D eigenvalue weighted by Crippen LogP contribution is -2.09. The van der Waals surface area contributed by atoms with E-state index in [9.17, 15) is 4.79 Å². The van der Waals surface area contributed by atoms with Gasteiger partial charge in [0.25, 0.3) is 0 Å². The third kappa shape index (κ3) is 2.20. The lowest BCUT2D eigenvalue weighted by molar-refractivity contribution is -0.122. The first-order valence-electron chi connectivity index (χ1n) is 2.44. The van der Waals surface area contributed by atoms with Gasteiger partial charge in [-0.05, 0) is 6.42 Å². The summed E-state index contributed by atoms with van der Waals surface area (Å²) in [5, 5.41) is 0. The van der Waals surface area contributed by atoms with Crippen LogP contribution in [0.5, 0.6) is 0 Å². The zero-order chi connectivity index (χ0) is 5.86. The summed E-state index contributed by atoms with van der Waals surface area (Å²) in [7, 11) is 0. The van der Waals surface area contributed by atoms with Crippen molar-refractivity contribution in [1.29, 1.82) is 0 Å². The van der Waals surface area contributed by atoms with E-state index < -0.39 is 5.91 Å². The van der Waals surface area contributed by atoms with E-state index in [0.717, 1.165) is 6.42 Å². The SMILES string of the molecule is CCC(C)C([NH])=O. The van der Waals surface area contributed by atoms with Crippen molar-refractivity contribution in [2.45, 2.75) is 20.3 Å². The van der Waals surface area contributed by atoms with Gasteiger partial charge in [0.2, 0.25) is 5.91 Å². The Labute approximate surface area is 43.7 Å². The molecule has 1 radical (unpaired) electrons. The maximum atomic E-state index is 10.0. The Balaban J connectivity index is 3.34. The van der Waals surface area contributed by atoms with Gasteiger partial charge in [0.15, 0.2) is 0 Å². The van der Waals surface area contributed by atoms with Crippen LogP contribution in [0.1, 0.15) is 20.3 Å². The lowest BCUT2D eigenvalue weighted by atomic mass is 10.1. The first kappa shape index (κ1) is 6.47. The summed E-state index contributed by atoms with van der Waals surface area (Å²) in [5.74, 6) is -0.525. The van der Waals surface area contributed by atoms with Crippen molar-refractivity contribution in [3.8, 4) is 0 Å². The Bertz CT molecular complexity index is 70.5. The fraction of sp³-hybridized carbons (Fsp3) is 0.800. The van der Waals surface area contributed by atoms with Crippen LogP contribution < -0.4 is 5.73 Å². The van der Waals surface area contributed by atoms with Gasteiger partial charge in [0.1, 0.15) is 0 Å². The summed E-state index contributed by atoms with van der Waals surface area (Å²) in [6, 6.07) is 0. The number of rotatable bonds is 2. The molecule has 41 valence electrons. The molecule has 0 saturated carbocycles. The second-order valence-corrected chi connectivity index (χ2v) is 1.67. The minimum Gasteiger partial charge on any atom is -0.273 e. The predicted octanol–water partition coefficient (Wildman–Crippen LogP) is 0.842. The summed E-state index contributed by atoms with van der Waals surface area (Å²) in [6.45, 7) is 3.66. The van der Waals surface area contributed by atoms with E-state index in [0.29, 0.717) is 0 Å². The number of hydrogen-bond donors (Lipinski definition) is 0. The predicted molar refractivity (Wildman–Crippen MR) is 27.6 cm³/mol. The molecule has 0 fully saturated rings. The molecule has 1 unspecified atom stereocenters. The second-order valence-electron chi connectivity index (χ2n) is 1.67. The van der Waals surface area contributed by atoms with Gasteiger partial charge < -0.3 is 0 Å². The molecular formula is C5H10NO. The summed E-state index contributed by atoms with van der Waals surface area (Å²) in [5.41, 5.74) is 6.54. The van der Waals surface area contributed by atoms with Crippen molar-refractivity contribution in [1.82, 2.24) is 5.73 Å². The smallest absolute Gasteiger partial charge is 0.241 e. The number of amides is 1. The molecule has 0 heterocycles. The monoisotopic (exact) mass is 100 g/mol. The molecule has 0 aliphatic rings. The topological polar surface area (TPSA) is 40.9 Å². The third-order valence-corrected chi connectivity index (χ3v) is 1.06. The van der Waals surface area contributed by atoms with E-state index in [-0.39, 0.29) is 5.92 Å². The minimum absolute atomic E-state index is 0.0694. The highest BCUT2D eigenvalue weighted by Crippen LogP contribution is 1.97. The molecule has 2 heteroatoms. The Hall–Kier alpha value is -0.530. The summed E-state index contributed by atoms with van der Waals surface area (Å²) >= 11 is 0. The van der Waals surface area contributed by atoms with Gasteiger partial charge in [-0.1, -0.05) is 13.8 Å². The van der Waals surface area contributed by atoms with Gasteiger partial charge in [-0.15, -0.1) is 0 Å². The Kier molecular flexibility index (Phi) is 2.41. The van der Waals surface area contributed by atoms with Gasteiger partial charge in [-0.25, -0.2) is 0 Å². The van der Waals surface area contributed by atoms with Crippen LogP contribution in [-0.2, 0) is 4.79 Å². The molecule has 0 bridgehead atoms. The van der Waals surface area contributed by atoms with Crippen LogP contribution in [0.15, 0.2) is 0 Å². The summed E-state index contributed by atoms with van der Waals surface area (Å²) in [6.07, 6.45) is 0.780. The van der Waals surface area contributed by atoms with Crippen LogP contribution in [0.3, 0.4) is 0 Å². The Morgan fingerprint density at radius 3 is 2.29 bits per heavy atom. The van der Waals surface area contributed by atoms with Crippen molar-refractivity contribution < 1.29 is 4.79 Å². The van der Waals surface area contributed by atoms with E-state index >= 15 is 0 Å². The minimum atomic E-state index is -0.456. The maximum absolute atomic E-state index is 10.0. The molecule has 7 heavy (non-hydrogen) atoms. The number of hydrogen-bond acceptors (Lipinski definition) is 1. The van der Waals surface area contributed by atoms with E-state index in [2.05, 4.69) is 0 Å². The summed E-state index contributed by atoms with van der Waals surface area (Å²) in [4.78, 5) is 10.0. The zero-order valence-corrected chi connectivity index (χ0v) is 4.69. The van der Waals surface area contributed by atoms with E-state index in [1.807, 2.05) is 6.92 Å². The molecule has 0 aliphatic heterocycles. The maximum Gasteiger partial charge on any atom is 0.241 e.